The van der Waals surface area contributed by atoms with Crippen LogP contribution in [0.2, 0.25) is 0 Å². The van der Waals surface area contributed by atoms with Gasteiger partial charge in [0.05, 0.1) is 11.3 Å². The number of nitrogens with zero attached hydrogens (tertiary/aromatic N) is 6. The lowest BCUT2D eigenvalue weighted by molar-refractivity contribution is -0.137. The molecule has 8 nitrogen and oxygen atoms in total. The van der Waals surface area contributed by atoms with Crippen LogP contribution < -0.4 is 14.7 Å². The minimum Gasteiger partial charge on any atom is -0.463 e. The second-order valence-electron chi connectivity index (χ2n) is 10.2. The topological polar surface area (TPSA) is 74.7 Å². The Morgan fingerprint density at radius 3 is 2.45 bits per heavy atom. The van der Waals surface area contributed by atoms with Gasteiger partial charge in [-0.05, 0) is 57.0 Å². The third-order valence-electron chi connectivity index (χ3n) is 7.42. The zero-order chi connectivity index (χ0) is 28.4. The fourth-order valence-corrected chi connectivity index (χ4v) is 5.36. The summed E-state index contributed by atoms with van der Waals surface area (Å²) in [4.78, 5) is 30.1. The lowest BCUT2D eigenvalue weighted by atomic mass is 10.1. The lowest BCUT2D eigenvalue weighted by Gasteiger charge is -2.42. The predicted octanol–water partition coefficient (Wildman–Crippen LogP) is 5.07. The molecule has 0 saturated carbocycles. The van der Waals surface area contributed by atoms with Gasteiger partial charge in [-0.25, -0.2) is 14.4 Å². The summed E-state index contributed by atoms with van der Waals surface area (Å²) in [5.74, 6) is 0.758. The van der Waals surface area contributed by atoms with Crippen LogP contribution in [0.1, 0.15) is 37.8 Å². The van der Waals surface area contributed by atoms with Gasteiger partial charge in [-0.3, -0.25) is 4.79 Å². The van der Waals surface area contributed by atoms with E-state index in [2.05, 4.69) is 26.4 Å². The molecule has 0 N–H and O–H groups in total. The van der Waals surface area contributed by atoms with Crippen LogP contribution >= 0.6 is 0 Å². The molecule has 0 spiro atoms. The molecule has 2 saturated heterocycles. The maximum atomic E-state index is 14.0. The summed E-state index contributed by atoms with van der Waals surface area (Å²) in [5.41, 5.74) is 0.698. The van der Waals surface area contributed by atoms with E-state index in [4.69, 9.17) is 9.97 Å². The third-order valence-corrected chi connectivity index (χ3v) is 7.42. The fraction of sp³-hybridized carbons (Fsp3) is 0.429. The lowest BCUT2D eigenvalue weighted by Crippen LogP contribution is -2.53. The maximum absolute atomic E-state index is 14.0. The number of pyridine rings is 1. The van der Waals surface area contributed by atoms with Gasteiger partial charge in [0, 0.05) is 61.7 Å². The molecule has 4 heterocycles. The molecular formula is C28H30F4N6O2. The molecule has 2 aliphatic heterocycles. The van der Waals surface area contributed by atoms with Gasteiger partial charge in [0.2, 0.25) is 5.95 Å². The smallest absolute Gasteiger partial charge is 0.419 e. The van der Waals surface area contributed by atoms with Gasteiger partial charge in [0.1, 0.15) is 24.1 Å². The van der Waals surface area contributed by atoms with Crippen LogP contribution in [-0.4, -0.2) is 59.7 Å². The highest BCUT2D eigenvalue weighted by atomic mass is 19.4. The van der Waals surface area contributed by atoms with E-state index in [9.17, 15) is 22.4 Å². The molecule has 0 amide bonds. The van der Waals surface area contributed by atoms with E-state index in [-0.39, 0.29) is 55.5 Å². The fourth-order valence-electron chi connectivity index (χ4n) is 5.36. The highest BCUT2D eigenvalue weighted by molar-refractivity contribution is 5.66. The van der Waals surface area contributed by atoms with Crippen LogP contribution in [0.4, 0.5) is 35.1 Å². The summed E-state index contributed by atoms with van der Waals surface area (Å²) in [7, 11) is 0. The molecule has 12 heteroatoms. The minimum absolute atomic E-state index is 0.157. The molecule has 2 atom stereocenters. The van der Waals surface area contributed by atoms with E-state index in [1.807, 2.05) is 13.0 Å². The molecule has 0 aliphatic carbocycles. The summed E-state index contributed by atoms with van der Waals surface area (Å²) >= 11 is 0. The first-order chi connectivity index (χ1) is 19.1. The molecule has 2 aliphatic rings. The molecule has 212 valence electrons. The number of rotatable bonds is 7. The second-order valence-corrected chi connectivity index (χ2v) is 10.2. The van der Waals surface area contributed by atoms with Crippen molar-refractivity contribution in [3.05, 3.63) is 59.5 Å². The zero-order valence-electron chi connectivity index (χ0n) is 22.2. The normalized spacial score (nSPS) is 19.7. The van der Waals surface area contributed by atoms with E-state index < -0.39 is 11.7 Å². The number of anilines is 3. The number of hydrogen-bond acceptors (Lipinski definition) is 8. The number of piperazine rings is 1. The monoisotopic (exact) mass is 558 g/mol. The summed E-state index contributed by atoms with van der Waals surface area (Å²) < 4.78 is 60.1. The highest BCUT2D eigenvalue weighted by Crippen LogP contribution is 2.37. The Bertz CT molecular complexity index is 1350. The van der Waals surface area contributed by atoms with Crippen molar-refractivity contribution in [1.82, 2.24) is 15.0 Å². The first-order valence-corrected chi connectivity index (χ1v) is 13.2. The number of hydrogen-bond donors (Lipinski definition) is 0. The van der Waals surface area contributed by atoms with Crippen LogP contribution in [0.25, 0.3) is 11.3 Å². The first-order valence-electron chi connectivity index (χ1n) is 13.2. The minimum atomic E-state index is -4.63. The van der Waals surface area contributed by atoms with E-state index >= 15 is 0 Å². The average Bonchev–Trinajstić information content (AvgIpc) is 3.37. The average molecular weight is 559 g/mol. The molecule has 0 unspecified atom stereocenters. The van der Waals surface area contributed by atoms with Crippen LogP contribution in [0.3, 0.4) is 0 Å². The van der Waals surface area contributed by atoms with Crippen LogP contribution in [0, 0.1) is 5.82 Å². The number of ether oxygens (including phenoxy) is 1. The summed E-state index contributed by atoms with van der Waals surface area (Å²) in [6.07, 6.45) is -1.26. The van der Waals surface area contributed by atoms with Crippen molar-refractivity contribution in [2.24, 2.45) is 0 Å². The molecular weight excluding hydrogens is 528 g/mol. The molecule has 0 radical (unpaired) electrons. The largest absolute Gasteiger partial charge is 0.463 e. The van der Waals surface area contributed by atoms with E-state index in [0.29, 0.717) is 24.0 Å². The van der Waals surface area contributed by atoms with Crippen molar-refractivity contribution in [3.8, 4) is 11.3 Å². The molecule has 3 aromatic rings. The predicted molar refractivity (Wildman–Crippen MR) is 143 cm³/mol. The molecule has 2 fully saturated rings. The van der Waals surface area contributed by atoms with Crippen molar-refractivity contribution >= 4 is 24.1 Å². The molecule has 2 aromatic heterocycles. The van der Waals surface area contributed by atoms with Gasteiger partial charge in [-0.1, -0.05) is 0 Å². The SMILES string of the molecule is C[C@@H]1CN(c2ncc(COC=O)cc2C(F)(F)F)CCN1c1cc(-c2ccc(F)cc2)nc(N2CCC[C@@H]2C)n1. The van der Waals surface area contributed by atoms with Crippen molar-refractivity contribution < 1.29 is 27.1 Å². The van der Waals surface area contributed by atoms with E-state index in [1.54, 1.807) is 17.0 Å². The van der Waals surface area contributed by atoms with E-state index in [0.717, 1.165) is 31.0 Å². The summed E-state index contributed by atoms with van der Waals surface area (Å²) in [6, 6.07) is 9.03. The zero-order valence-corrected chi connectivity index (χ0v) is 22.2. The number of alkyl halides is 3. The Morgan fingerprint density at radius 1 is 1.02 bits per heavy atom. The Hall–Kier alpha value is -3.96. The van der Waals surface area contributed by atoms with Crippen molar-refractivity contribution in [3.63, 3.8) is 0 Å². The Labute approximate surface area is 229 Å². The number of benzene rings is 1. The van der Waals surface area contributed by atoms with Crippen molar-refractivity contribution in [2.75, 3.05) is 40.9 Å². The molecule has 1 aromatic carbocycles. The van der Waals surface area contributed by atoms with Crippen LogP contribution in [-0.2, 0) is 22.3 Å². The third kappa shape index (κ3) is 5.80. The number of carbonyl (C=O) groups is 1. The Balaban J connectivity index is 1.44. The van der Waals surface area contributed by atoms with E-state index in [1.165, 1.54) is 18.3 Å². The Morgan fingerprint density at radius 2 is 1.80 bits per heavy atom. The van der Waals surface area contributed by atoms with Gasteiger partial charge < -0.3 is 19.4 Å². The Kier molecular flexibility index (Phi) is 7.77. The van der Waals surface area contributed by atoms with Gasteiger partial charge >= 0.3 is 6.18 Å². The number of carbonyl (C=O) groups excluding carboxylic acids is 1. The second kappa shape index (κ2) is 11.3. The molecule has 0 bridgehead atoms. The number of halogens is 4. The quantitative estimate of drug-likeness (QED) is 0.294. The molecule has 5 rings (SSSR count). The van der Waals surface area contributed by atoms with Gasteiger partial charge in [-0.15, -0.1) is 0 Å². The maximum Gasteiger partial charge on any atom is 0.419 e. The van der Waals surface area contributed by atoms with Gasteiger partial charge in [0.25, 0.3) is 6.47 Å². The molecule has 40 heavy (non-hydrogen) atoms. The standard InChI is InChI=1S/C28H30F4N6O2/c1-18-4-3-9-38(18)27-34-24(21-5-7-22(29)8-6-21)13-25(35-27)37-11-10-36(15-19(37)2)26-23(28(30,31)32)12-20(14-33-26)16-40-17-39/h5-8,12-14,17-19H,3-4,9-11,15-16H2,1-2H3/t18-,19+/m0/s1. The van der Waals surface area contributed by atoms with Crippen molar-refractivity contribution in [1.29, 1.82) is 0 Å². The summed E-state index contributed by atoms with van der Waals surface area (Å²) in [5, 5.41) is 0. The van der Waals surface area contributed by atoms with Crippen LogP contribution in [0.5, 0.6) is 0 Å². The first kappa shape index (κ1) is 27.6. The number of aromatic nitrogens is 3. The van der Waals surface area contributed by atoms with Gasteiger partial charge in [-0.2, -0.15) is 18.2 Å². The van der Waals surface area contributed by atoms with Crippen LogP contribution in [0.15, 0.2) is 42.6 Å². The highest BCUT2D eigenvalue weighted by Gasteiger charge is 2.38. The van der Waals surface area contributed by atoms with Gasteiger partial charge in [0.15, 0.2) is 0 Å². The van der Waals surface area contributed by atoms with Crippen molar-refractivity contribution in [2.45, 2.75) is 51.6 Å². The summed E-state index contributed by atoms with van der Waals surface area (Å²) in [6.45, 7) is 5.77.